The third-order valence-electron chi connectivity index (χ3n) is 6.90. The minimum absolute atomic E-state index is 0.0278. The van der Waals surface area contributed by atoms with Crippen molar-refractivity contribution in [2.75, 3.05) is 15.9 Å². The molecule has 1 aliphatic heterocycles. The van der Waals surface area contributed by atoms with Gasteiger partial charge < -0.3 is 5.32 Å². The summed E-state index contributed by atoms with van der Waals surface area (Å²) in [5.74, 6) is 0.341. The second-order valence-corrected chi connectivity index (χ2v) is 11.4. The Morgan fingerprint density at radius 2 is 1.69 bits per heavy atom. The number of hydrogen-bond donors (Lipinski definition) is 1. The van der Waals surface area contributed by atoms with Crippen LogP contribution in [0.2, 0.25) is 0 Å². The van der Waals surface area contributed by atoms with E-state index in [1.807, 2.05) is 32.0 Å². The Kier molecular flexibility index (Phi) is 5.65. The molecule has 1 fully saturated rings. The van der Waals surface area contributed by atoms with Crippen LogP contribution in [0.1, 0.15) is 57.1 Å². The van der Waals surface area contributed by atoms with Crippen molar-refractivity contribution in [2.24, 2.45) is 11.3 Å². The lowest BCUT2D eigenvalue weighted by molar-refractivity contribution is -0.138. The van der Waals surface area contributed by atoms with Crippen molar-refractivity contribution in [3.8, 4) is 0 Å². The maximum absolute atomic E-state index is 12.8. The zero-order valence-corrected chi connectivity index (χ0v) is 19.8. The summed E-state index contributed by atoms with van der Waals surface area (Å²) in [5, 5.41) is 2.95. The average Bonchev–Trinajstić information content (AvgIpc) is 2.73. The summed E-state index contributed by atoms with van der Waals surface area (Å²) >= 11 is 0. The molecule has 2 atom stereocenters. The van der Waals surface area contributed by atoms with E-state index in [0.717, 1.165) is 29.7 Å². The maximum atomic E-state index is 12.8. The lowest BCUT2D eigenvalue weighted by atomic mass is 9.59. The summed E-state index contributed by atoms with van der Waals surface area (Å²) in [7, 11) is -3.60. The first-order valence-electron chi connectivity index (χ1n) is 11.1. The first-order valence-corrected chi connectivity index (χ1v) is 12.9. The van der Waals surface area contributed by atoms with Crippen LogP contribution in [0.3, 0.4) is 0 Å². The minimum atomic E-state index is -3.60. The summed E-state index contributed by atoms with van der Waals surface area (Å²) in [6, 6.07) is 12.8. The van der Waals surface area contributed by atoms with E-state index in [4.69, 9.17) is 0 Å². The third-order valence-corrected chi connectivity index (χ3v) is 7.98. The standard InChI is InChI=1S/C25H30N2O4S/c1-5-6-17-13-18-14-20(11-12-22(18)26-24(17)29)27(32(4,30)31)19-9-7-16(8-10-19)21-15-23(28)25(21,2)3/h7-12,14,17,21H,5-6,13,15H2,1-4H3,(H,26,29). The topological polar surface area (TPSA) is 83.6 Å². The van der Waals surface area contributed by atoms with Crippen molar-refractivity contribution in [1.82, 2.24) is 0 Å². The van der Waals surface area contributed by atoms with E-state index in [0.29, 0.717) is 24.2 Å². The van der Waals surface area contributed by atoms with Crippen molar-refractivity contribution >= 4 is 38.8 Å². The zero-order chi connectivity index (χ0) is 23.3. The number of amides is 1. The smallest absolute Gasteiger partial charge is 0.236 e. The average molecular weight is 455 g/mol. The van der Waals surface area contributed by atoms with Gasteiger partial charge >= 0.3 is 0 Å². The van der Waals surface area contributed by atoms with Crippen molar-refractivity contribution in [1.29, 1.82) is 0 Å². The Morgan fingerprint density at radius 1 is 1.03 bits per heavy atom. The van der Waals surface area contributed by atoms with Crippen molar-refractivity contribution in [3.05, 3.63) is 53.6 Å². The van der Waals surface area contributed by atoms with Crippen LogP contribution in [0.25, 0.3) is 0 Å². The predicted octanol–water partition coefficient (Wildman–Crippen LogP) is 4.78. The molecule has 2 aromatic rings. The predicted molar refractivity (Wildman–Crippen MR) is 127 cm³/mol. The molecule has 0 spiro atoms. The number of carbonyl (C=O) groups excluding carboxylic acids is 2. The molecule has 2 unspecified atom stereocenters. The second-order valence-electron chi connectivity index (χ2n) is 9.54. The molecule has 6 nitrogen and oxygen atoms in total. The molecule has 4 rings (SSSR count). The van der Waals surface area contributed by atoms with Crippen LogP contribution in [-0.4, -0.2) is 26.4 Å². The first kappa shape index (κ1) is 22.5. The molecule has 7 heteroatoms. The monoisotopic (exact) mass is 454 g/mol. The molecule has 170 valence electrons. The number of hydrogen-bond acceptors (Lipinski definition) is 4. The third kappa shape index (κ3) is 3.94. The number of carbonyl (C=O) groups is 2. The molecule has 1 N–H and O–H groups in total. The number of sulfonamides is 1. The van der Waals surface area contributed by atoms with Crippen LogP contribution in [-0.2, 0) is 26.0 Å². The highest BCUT2D eigenvalue weighted by Gasteiger charge is 2.47. The van der Waals surface area contributed by atoms with Crippen LogP contribution < -0.4 is 9.62 Å². The number of nitrogens with one attached hydrogen (secondary N) is 1. The van der Waals surface area contributed by atoms with Gasteiger partial charge in [-0.05, 0) is 54.3 Å². The van der Waals surface area contributed by atoms with Gasteiger partial charge in [0.15, 0.2) is 0 Å². The summed E-state index contributed by atoms with van der Waals surface area (Å²) in [6.45, 7) is 5.96. The highest BCUT2D eigenvalue weighted by molar-refractivity contribution is 7.92. The minimum Gasteiger partial charge on any atom is -0.326 e. The van der Waals surface area contributed by atoms with Gasteiger partial charge in [0, 0.05) is 29.4 Å². The largest absolute Gasteiger partial charge is 0.326 e. The fourth-order valence-corrected chi connectivity index (χ4v) is 5.85. The van der Waals surface area contributed by atoms with E-state index in [2.05, 4.69) is 12.2 Å². The maximum Gasteiger partial charge on any atom is 0.236 e. The quantitative estimate of drug-likeness (QED) is 0.681. The Balaban J connectivity index is 1.67. The number of ketones is 1. The van der Waals surface area contributed by atoms with Crippen molar-refractivity contribution in [2.45, 2.75) is 52.4 Å². The number of benzene rings is 2. The summed E-state index contributed by atoms with van der Waals surface area (Å²) in [4.78, 5) is 24.2. The van der Waals surface area contributed by atoms with Crippen LogP contribution in [0.5, 0.6) is 0 Å². The van der Waals surface area contributed by atoms with Gasteiger partial charge in [0.2, 0.25) is 15.9 Å². The second kappa shape index (κ2) is 8.03. The van der Waals surface area contributed by atoms with Gasteiger partial charge in [0.1, 0.15) is 5.78 Å². The lowest BCUT2D eigenvalue weighted by Gasteiger charge is -2.43. The van der Waals surface area contributed by atoms with E-state index in [-0.39, 0.29) is 28.9 Å². The van der Waals surface area contributed by atoms with E-state index >= 15 is 0 Å². The van der Waals surface area contributed by atoms with Crippen LogP contribution in [0, 0.1) is 11.3 Å². The normalized spacial score (nSPS) is 22.0. The molecule has 1 amide bonds. The molecular weight excluding hydrogens is 424 g/mol. The lowest BCUT2D eigenvalue weighted by Crippen LogP contribution is -2.43. The molecule has 0 aromatic heterocycles. The highest BCUT2D eigenvalue weighted by Crippen LogP contribution is 2.49. The fraction of sp³-hybridized carbons (Fsp3) is 0.440. The zero-order valence-electron chi connectivity index (χ0n) is 19.0. The van der Waals surface area contributed by atoms with Gasteiger partial charge in [-0.2, -0.15) is 0 Å². The Labute approximate surface area is 190 Å². The van der Waals surface area contributed by atoms with E-state index < -0.39 is 10.0 Å². The molecule has 0 radical (unpaired) electrons. The highest BCUT2D eigenvalue weighted by atomic mass is 32.2. The van der Waals surface area contributed by atoms with Gasteiger partial charge in [0.25, 0.3) is 0 Å². The SMILES string of the molecule is CCCC1Cc2cc(N(c3ccc(C4CC(=O)C4(C)C)cc3)S(C)(=O)=O)ccc2NC1=O. The van der Waals surface area contributed by atoms with Gasteiger partial charge in [-0.3, -0.25) is 9.59 Å². The number of anilines is 3. The van der Waals surface area contributed by atoms with Gasteiger partial charge in [0.05, 0.1) is 17.6 Å². The fourth-order valence-electron chi connectivity index (χ4n) is 4.85. The molecule has 2 aliphatic rings. The van der Waals surface area contributed by atoms with Gasteiger partial charge in [-0.1, -0.05) is 39.3 Å². The number of rotatable bonds is 6. The Bertz CT molecular complexity index is 1170. The van der Waals surface area contributed by atoms with Gasteiger partial charge in [-0.25, -0.2) is 12.7 Å². The molecule has 2 aromatic carbocycles. The molecule has 1 saturated carbocycles. The number of fused-ring (bicyclic) bond motifs is 1. The van der Waals surface area contributed by atoms with Crippen LogP contribution >= 0.6 is 0 Å². The number of Topliss-reactive ketones (excluding diaryl/α,β-unsaturated/α-hetero) is 1. The molecule has 0 saturated heterocycles. The first-order chi connectivity index (χ1) is 15.0. The van der Waals surface area contributed by atoms with Crippen molar-refractivity contribution in [3.63, 3.8) is 0 Å². The van der Waals surface area contributed by atoms with E-state index in [9.17, 15) is 18.0 Å². The van der Waals surface area contributed by atoms with Crippen LogP contribution in [0.15, 0.2) is 42.5 Å². The summed E-state index contributed by atoms with van der Waals surface area (Å²) in [5.41, 5.74) is 3.44. The van der Waals surface area contributed by atoms with Gasteiger partial charge in [-0.15, -0.1) is 0 Å². The number of nitrogens with zero attached hydrogens (tertiary/aromatic N) is 1. The molecule has 1 aliphatic carbocycles. The summed E-state index contributed by atoms with van der Waals surface area (Å²) < 4.78 is 26.9. The molecule has 0 bridgehead atoms. The molecule has 32 heavy (non-hydrogen) atoms. The Hall–Kier alpha value is -2.67. The Morgan fingerprint density at radius 3 is 2.25 bits per heavy atom. The molecule has 1 heterocycles. The van der Waals surface area contributed by atoms with E-state index in [1.54, 1.807) is 24.3 Å². The summed E-state index contributed by atoms with van der Waals surface area (Å²) in [6.07, 6.45) is 4.03. The van der Waals surface area contributed by atoms with Crippen LogP contribution in [0.4, 0.5) is 17.1 Å². The van der Waals surface area contributed by atoms with Crippen molar-refractivity contribution < 1.29 is 18.0 Å². The van der Waals surface area contributed by atoms with E-state index in [1.165, 1.54) is 10.6 Å². The molecular formula is C25H30N2O4S.